The summed E-state index contributed by atoms with van der Waals surface area (Å²) in [7, 11) is 0. The Morgan fingerprint density at radius 3 is 2.72 bits per heavy atom. The fourth-order valence-corrected chi connectivity index (χ4v) is 8.71. The van der Waals surface area contributed by atoms with E-state index in [1.54, 1.807) is 0 Å². The smallest absolute Gasteiger partial charge is 0.127 e. The van der Waals surface area contributed by atoms with E-state index in [2.05, 4.69) is 139 Å². The second-order valence-electron chi connectivity index (χ2n) is 13.3. The van der Waals surface area contributed by atoms with Crippen LogP contribution in [0.4, 0.5) is 5.69 Å². The third-order valence-electron chi connectivity index (χ3n) is 10.8. The molecule has 5 atom stereocenters. The summed E-state index contributed by atoms with van der Waals surface area (Å²) in [4.78, 5) is 2.59. The molecule has 2 aromatic carbocycles. The first-order valence-corrected chi connectivity index (χ1v) is 17.3. The number of para-hydroxylation sites is 1. The van der Waals surface area contributed by atoms with Gasteiger partial charge in [-0.25, -0.2) is 0 Å². The number of aryl methyl sites for hydroxylation is 1. The first-order chi connectivity index (χ1) is 22.7. The fraction of sp³-hybridized carbons (Fsp3) is 0.302. The zero-order chi connectivity index (χ0) is 31.2. The van der Waals surface area contributed by atoms with Crippen molar-refractivity contribution in [3.8, 4) is 5.69 Å². The number of anilines is 1. The highest BCUT2D eigenvalue weighted by Gasteiger charge is 2.39. The van der Waals surface area contributed by atoms with E-state index in [0.717, 1.165) is 38.5 Å². The van der Waals surface area contributed by atoms with Gasteiger partial charge >= 0.3 is 0 Å². The zero-order valence-corrected chi connectivity index (χ0v) is 27.1. The molecule has 3 nitrogen and oxygen atoms in total. The minimum Gasteiger partial charge on any atom is -0.490 e. The molecule has 2 aliphatic heterocycles. The summed E-state index contributed by atoms with van der Waals surface area (Å²) in [5, 5.41) is 1.35. The van der Waals surface area contributed by atoms with Gasteiger partial charge in [0.25, 0.3) is 0 Å². The Bertz CT molecular complexity index is 1910. The molecular weight excluding hydrogens is 560 g/mol. The summed E-state index contributed by atoms with van der Waals surface area (Å²) >= 11 is 0. The van der Waals surface area contributed by atoms with E-state index >= 15 is 0 Å². The zero-order valence-electron chi connectivity index (χ0n) is 27.1. The normalized spacial score (nSPS) is 26.6. The van der Waals surface area contributed by atoms with E-state index in [0.29, 0.717) is 23.8 Å². The highest BCUT2D eigenvalue weighted by molar-refractivity contribution is 5.90. The summed E-state index contributed by atoms with van der Waals surface area (Å²) in [6, 6.07) is 16.8. The van der Waals surface area contributed by atoms with Crippen molar-refractivity contribution in [1.82, 2.24) is 4.57 Å². The van der Waals surface area contributed by atoms with Gasteiger partial charge in [0, 0.05) is 53.0 Å². The number of hydrogen-bond donors (Lipinski definition) is 0. The summed E-state index contributed by atoms with van der Waals surface area (Å²) in [5.74, 6) is 2.47. The van der Waals surface area contributed by atoms with Crippen LogP contribution in [0.1, 0.15) is 68.7 Å². The third-order valence-corrected chi connectivity index (χ3v) is 10.8. The predicted molar refractivity (Wildman–Crippen MR) is 193 cm³/mol. The number of benzene rings is 2. The Balaban J connectivity index is 1.29. The molecule has 1 aromatic heterocycles. The maximum Gasteiger partial charge on any atom is 0.127 e. The monoisotopic (exact) mass is 604 g/mol. The number of aromatic nitrogens is 1. The Morgan fingerprint density at radius 2 is 1.85 bits per heavy atom. The molecule has 0 amide bonds. The van der Waals surface area contributed by atoms with Gasteiger partial charge in [0.1, 0.15) is 6.10 Å². The van der Waals surface area contributed by atoms with Gasteiger partial charge in [-0.1, -0.05) is 86.4 Å². The molecule has 0 saturated carbocycles. The number of fused-ring (bicyclic) bond motifs is 4. The Hall–Kier alpha value is -4.50. The van der Waals surface area contributed by atoms with E-state index in [1.807, 2.05) is 6.08 Å². The molecule has 0 N–H and O–H groups in total. The molecule has 0 bridgehead atoms. The molecule has 3 heterocycles. The summed E-state index contributed by atoms with van der Waals surface area (Å²) < 4.78 is 8.98. The topological polar surface area (TPSA) is 17.4 Å². The Morgan fingerprint density at radius 1 is 0.978 bits per heavy atom. The lowest BCUT2D eigenvalue weighted by molar-refractivity contribution is 0.156. The van der Waals surface area contributed by atoms with Gasteiger partial charge in [-0.05, 0) is 104 Å². The standard InChI is InChI=1S/C43H44N2O/c1-4-7-15-30-28-44(39-19-11-8-16-35(30)39)32-24-31(29-22-23-43-38(26-29)37-18-10-13-21-42(37)46-43)25-33(27-32)45-40(14-5-2)34(6-3)36-17-9-12-20-41(36)45/h4-5,7-10,12-18,20-21,24-25,27-29,35,37,39,42H,1,6,11,19,22-23,26H2,2-3H3/b14-5-,15-7-. The van der Waals surface area contributed by atoms with Crippen LogP contribution in [-0.2, 0) is 11.2 Å². The molecule has 0 spiro atoms. The number of allylic oxidation sites excluding steroid dienone is 8. The van der Waals surface area contributed by atoms with Crippen LogP contribution in [0, 0.1) is 11.8 Å². The van der Waals surface area contributed by atoms with Crippen LogP contribution in [0.5, 0.6) is 0 Å². The van der Waals surface area contributed by atoms with Crippen LogP contribution in [0.15, 0.2) is 133 Å². The van der Waals surface area contributed by atoms with Gasteiger partial charge in [-0.2, -0.15) is 0 Å². The molecular formula is C43H44N2O. The van der Waals surface area contributed by atoms with Crippen molar-refractivity contribution < 1.29 is 4.74 Å². The number of ether oxygens (including phenoxy) is 1. The highest BCUT2D eigenvalue weighted by Crippen LogP contribution is 2.49. The van der Waals surface area contributed by atoms with Gasteiger partial charge in [0.05, 0.1) is 11.3 Å². The molecule has 46 heavy (non-hydrogen) atoms. The van der Waals surface area contributed by atoms with Gasteiger partial charge < -0.3 is 14.2 Å². The van der Waals surface area contributed by atoms with Gasteiger partial charge in [-0.15, -0.1) is 0 Å². The molecule has 5 unspecified atom stereocenters. The molecule has 3 heteroatoms. The summed E-state index contributed by atoms with van der Waals surface area (Å²) in [6.45, 7) is 8.36. The predicted octanol–water partition coefficient (Wildman–Crippen LogP) is 10.7. The highest BCUT2D eigenvalue weighted by atomic mass is 16.5. The lowest BCUT2D eigenvalue weighted by atomic mass is 9.77. The SMILES string of the molecule is C=C/C=C\C1=CN(c2cc(C3CCC4=C(C3)C3C=CC=CC3O4)cc(-n3c(/C=C\C)c(CC)c4ccccc43)c2)C2CCC=CC12. The average molecular weight is 605 g/mol. The van der Waals surface area contributed by atoms with Gasteiger partial charge in [0.2, 0.25) is 0 Å². The van der Waals surface area contributed by atoms with Crippen molar-refractivity contribution in [3.05, 3.63) is 150 Å². The van der Waals surface area contributed by atoms with E-state index in [-0.39, 0.29) is 6.10 Å². The number of nitrogens with zero attached hydrogens (tertiary/aromatic N) is 2. The van der Waals surface area contributed by atoms with Gasteiger partial charge in [-0.3, -0.25) is 0 Å². The molecule has 0 fully saturated rings. The van der Waals surface area contributed by atoms with Crippen molar-refractivity contribution in [2.45, 2.75) is 70.4 Å². The van der Waals surface area contributed by atoms with Gasteiger partial charge in [0.15, 0.2) is 0 Å². The average Bonchev–Trinajstić information content (AvgIpc) is 3.76. The van der Waals surface area contributed by atoms with Crippen LogP contribution in [0.25, 0.3) is 22.7 Å². The number of rotatable bonds is 7. The van der Waals surface area contributed by atoms with Crippen LogP contribution in [0.2, 0.25) is 0 Å². The molecule has 0 saturated heterocycles. The van der Waals surface area contributed by atoms with Crippen LogP contribution in [0.3, 0.4) is 0 Å². The quantitative estimate of drug-likeness (QED) is 0.197. The maximum atomic E-state index is 6.45. The maximum absolute atomic E-state index is 6.45. The number of hydrogen-bond acceptors (Lipinski definition) is 2. The largest absolute Gasteiger partial charge is 0.490 e. The molecule has 5 aliphatic rings. The molecule has 3 aliphatic carbocycles. The van der Waals surface area contributed by atoms with E-state index in [1.165, 1.54) is 56.0 Å². The Kier molecular flexibility index (Phi) is 7.56. The summed E-state index contributed by atoms with van der Waals surface area (Å²) in [5.41, 5.74) is 10.8. The van der Waals surface area contributed by atoms with Crippen molar-refractivity contribution in [1.29, 1.82) is 0 Å². The lowest BCUT2D eigenvalue weighted by Crippen LogP contribution is -2.33. The molecule has 3 aromatic rings. The molecule has 232 valence electrons. The van der Waals surface area contributed by atoms with Crippen LogP contribution >= 0.6 is 0 Å². The minimum atomic E-state index is 0.172. The molecule has 0 radical (unpaired) electrons. The van der Waals surface area contributed by atoms with Crippen molar-refractivity contribution in [2.75, 3.05) is 4.90 Å². The fourth-order valence-electron chi connectivity index (χ4n) is 8.71. The van der Waals surface area contributed by atoms with Crippen LogP contribution < -0.4 is 4.90 Å². The minimum absolute atomic E-state index is 0.172. The Labute approximate surface area is 274 Å². The second-order valence-corrected chi connectivity index (χ2v) is 13.3. The lowest BCUT2D eigenvalue weighted by Gasteiger charge is -2.33. The summed E-state index contributed by atoms with van der Waals surface area (Å²) in [6.07, 6.45) is 33.4. The van der Waals surface area contributed by atoms with Crippen LogP contribution in [-0.4, -0.2) is 16.7 Å². The third kappa shape index (κ3) is 4.80. The first kappa shape index (κ1) is 28.9. The van der Waals surface area contributed by atoms with E-state index in [4.69, 9.17) is 4.74 Å². The van der Waals surface area contributed by atoms with Crippen molar-refractivity contribution in [2.24, 2.45) is 11.8 Å². The van der Waals surface area contributed by atoms with E-state index < -0.39 is 0 Å². The molecule has 8 rings (SSSR count). The van der Waals surface area contributed by atoms with E-state index in [9.17, 15) is 0 Å². The second kappa shape index (κ2) is 12.0. The first-order valence-electron chi connectivity index (χ1n) is 17.3. The van der Waals surface area contributed by atoms with Crippen molar-refractivity contribution in [3.63, 3.8) is 0 Å². The van der Waals surface area contributed by atoms with Crippen molar-refractivity contribution >= 4 is 22.7 Å².